The lowest BCUT2D eigenvalue weighted by Gasteiger charge is -2.07. The van der Waals surface area contributed by atoms with Gasteiger partial charge in [-0.3, -0.25) is 4.68 Å². The molecule has 0 aliphatic carbocycles. The highest BCUT2D eigenvalue weighted by Crippen LogP contribution is 2.07. The second-order valence-corrected chi connectivity index (χ2v) is 3.63. The average Bonchev–Trinajstić information content (AvgIpc) is 2.68. The Hall–Kier alpha value is -1.84. The van der Waals surface area contributed by atoms with Gasteiger partial charge in [0, 0.05) is 24.1 Å². The van der Waals surface area contributed by atoms with Crippen LogP contribution in [0.25, 0.3) is 0 Å². The number of benzene rings is 1. The SMILES string of the molecule is Cc1ccnn1CCNc1ccc(F)cc1. The molecular formula is C12H14FN3. The zero-order valence-corrected chi connectivity index (χ0v) is 9.15. The summed E-state index contributed by atoms with van der Waals surface area (Å²) in [5.41, 5.74) is 2.06. The number of rotatable bonds is 4. The Kier molecular flexibility index (Phi) is 3.19. The van der Waals surface area contributed by atoms with E-state index >= 15 is 0 Å². The van der Waals surface area contributed by atoms with Gasteiger partial charge < -0.3 is 5.32 Å². The number of anilines is 1. The predicted octanol–water partition coefficient (Wildman–Crippen LogP) is 2.44. The molecule has 4 heteroatoms. The first-order valence-electron chi connectivity index (χ1n) is 5.23. The topological polar surface area (TPSA) is 29.9 Å². The first-order chi connectivity index (χ1) is 7.75. The van der Waals surface area contributed by atoms with Gasteiger partial charge in [-0.25, -0.2) is 4.39 Å². The third-order valence-electron chi connectivity index (χ3n) is 2.43. The van der Waals surface area contributed by atoms with E-state index in [2.05, 4.69) is 10.4 Å². The second-order valence-electron chi connectivity index (χ2n) is 3.63. The number of aryl methyl sites for hydroxylation is 1. The maximum Gasteiger partial charge on any atom is 0.123 e. The number of hydrogen-bond donors (Lipinski definition) is 1. The molecule has 0 saturated carbocycles. The molecule has 3 nitrogen and oxygen atoms in total. The minimum Gasteiger partial charge on any atom is -0.383 e. The van der Waals surface area contributed by atoms with Gasteiger partial charge in [-0.1, -0.05) is 0 Å². The highest BCUT2D eigenvalue weighted by atomic mass is 19.1. The van der Waals surface area contributed by atoms with Crippen molar-refractivity contribution in [3.05, 3.63) is 48.0 Å². The zero-order chi connectivity index (χ0) is 11.4. The third-order valence-corrected chi connectivity index (χ3v) is 2.43. The van der Waals surface area contributed by atoms with Crippen LogP contribution in [-0.4, -0.2) is 16.3 Å². The van der Waals surface area contributed by atoms with Crippen LogP contribution in [0.15, 0.2) is 36.5 Å². The Balaban J connectivity index is 1.84. The molecule has 2 rings (SSSR count). The molecule has 0 saturated heterocycles. The van der Waals surface area contributed by atoms with Gasteiger partial charge in [0.25, 0.3) is 0 Å². The number of nitrogens with one attached hydrogen (secondary N) is 1. The second kappa shape index (κ2) is 4.79. The minimum absolute atomic E-state index is 0.214. The lowest BCUT2D eigenvalue weighted by molar-refractivity contribution is 0.618. The van der Waals surface area contributed by atoms with Crippen molar-refractivity contribution in [1.29, 1.82) is 0 Å². The lowest BCUT2D eigenvalue weighted by Crippen LogP contribution is -2.12. The van der Waals surface area contributed by atoms with Crippen LogP contribution in [0.5, 0.6) is 0 Å². The molecule has 1 N–H and O–H groups in total. The van der Waals surface area contributed by atoms with Crippen LogP contribution in [0.1, 0.15) is 5.69 Å². The Bertz CT molecular complexity index is 448. The largest absolute Gasteiger partial charge is 0.383 e. The summed E-state index contributed by atoms with van der Waals surface area (Å²) in [6.07, 6.45) is 1.78. The van der Waals surface area contributed by atoms with Gasteiger partial charge in [-0.05, 0) is 37.3 Å². The van der Waals surface area contributed by atoms with Crippen LogP contribution in [-0.2, 0) is 6.54 Å². The summed E-state index contributed by atoms with van der Waals surface area (Å²) in [5.74, 6) is -0.214. The molecule has 0 aliphatic rings. The molecule has 84 valence electrons. The van der Waals surface area contributed by atoms with E-state index in [0.717, 1.165) is 24.5 Å². The van der Waals surface area contributed by atoms with Crippen molar-refractivity contribution < 1.29 is 4.39 Å². The standard InChI is InChI=1S/C12H14FN3/c1-10-6-7-15-16(10)9-8-14-12-4-2-11(13)3-5-12/h2-7,14H,8-9H2,1H3. The van der Waals surface area contributed by atoms with E-state index in [4.69, 9.17) is 0 Å². The number of hydrogen-bond acceptors (Lipinski definition) is 2. The normalized spacial score (nSPS) is 10.4. The molecule has 0 amide bonds. The maximum absolute atomic E-state index is 12.6. The van der Waals surface area contributed by atoms with Crippen LogP contribution < -0.4 is 5.32 Å². The molecule has 16 heavy (non-hydrogen) atoms. The van der Waals surface area contributed by atoms with Gasteiger partial charge in [0.2, 0.25) is 0 Å². The summed E-state index contributed by atoms with van der Waals surface area (Å²) in [7, 11) is 0. The minimum atomic E-state index is -0.214. The van der Waals surface area contributed by atoms with E-state index in [0.29, 0.717) is 0 Å². The highest BCUT2D eigenvalue weighted by molar-refractivity contribution is 5.42. The fourth-order valence-corrected chi connectivity index (χ4v) is 1.51. The Morgan fingerprint density at radius 3 is 2.62 bits per heavy atom. The van der Waals surface area contributed by atoms with Gasteiger partial charge in [0.05, 0.1) is 6.54 Å². The van der Waals surface area contributed by atoms with Gasteiger partial charge in [-0.2, -0.15) is 5.10 Å². The van der Waals surface area contributed by atoms with Crippen molar-refractivity contribution in [1.82, 2.24) is 9.78 Å². The molecule has 0 fully saturated rings. The molecule has 0 unspecified atom stereocenters. The molecule has 0 spiro atoms. The predicted molar refractivity (Wildman–Crippen MR) is 61.9 cm³/mol. The van der Waals surface area contributed by atoms with Crippen LogP contribution >= 0.6 is 0 Å². The van der Waals surface area contributed by atoms with Crippen LogP contribution in [0.4, 0.5) is 10.1 Å². The first-order valence-corrected chi connectivity index (χ1v) is 5.23. The van der Waals surface area contributed by atoms with Crippen LogP contribution in [0.3, 0.4) is 0 Å². The molecule has 0 radical (unpaired) electrons. The maximum atomic E-state index is 12.6. The summed E-state index contributed by atoms with van der Waals surface area (Å²) >= 11 is 0. The van der Waals surface area contributed by atoms with Crippen molar-refractivity contribution in [2.45, 2.75) is 13.5 Å². The van der Waals surface area contributed by atoms with Crippen molar-refractivity contribution in [3.63, 3.8) is 0 Å². The number of nitrogens with zero attached hydrogens (tertiary/aromatic N) is 2. The van der Waals surface area contributed by atoms with Crippen LogP contribution in [0, 0.1) is 12.7 Å². The van der Waals surface area contributed by atoms with E-state index in [1.165, 1.54) is 12.1 Å². The monoisotopic (exact) mass is 219 g/mol. The quantitative estimate of drug-likeness (QED) is 0.856. The van der Waals surface area contributed by atoms with Gasteiger partial charge in [-0.15, -0.1) is 0 Å². The van der Waals surface area contributed by atoms with Crippen LogP contribution in [0.2, 0.25) is 0 Å². The Morgan fingerprint density at radius 2 is 2.00 bits per heavy atom. The van der Waals surface area contributed by atoms with E-state index in [-0.39, 0.29) is 5.82 Å². The number of halogens is 1. The molecule has 1 aromatic heterocycles. The summed E-state index contributed by atoms with van der Waals surface area (Å²) in [6, 6.07) is 8.32. The Morgan fingerprint density at radius 1 is 1.25 bits per heavy atom. The molecule has 0 atom stereocenters. The van der Waals surface area contributed by atoms with E-state index in [9.17, 15) is 4.39 Å². The fourth-order valence-electron chi connectivity index (χ4n) is 1.51. The Labute approximate surface area is 93.9 Å². The lowest BCUT2D eigenvalue weighted by atomic mass is 10.3. The molecule has 1 heterocycles. The zero-order valence-electron chi connectivity index (χ0n) is 9.15. The summed E-state index contributed by atoms with van der Waals surface area (Å²) in [6.45, 7) is 3.59. The molecule has 2 aromatic rings. The molecule has 0 aliphatic heterocycles. The summed E-state index contributed by atoms with van der Waals surface area (Å²) in [5, 5.41) is 7.39. The average molecular weight is 219 g/mol. The molecule has 0 bridgehead atoms. The summed E-state index contributed by atoms with van der Waals surface area (Å²) in [4.78, 5) is 0. The highest BCUT2D eigenvalue weighted by Gasteiger charge is 1.96. The molecule has 1 aromatic carbocycles. The third kappa shape index (κ3) is 2.59. The van der Waals surface area contributed by atoms with Crippen molar-refractivity contribution in [2.24, 2.45) is 0 Å². The van der Waals surface area contributed by atoms with E-state index < -0.39 is 0 Å². The van der Waals surface area contributed by atoms with Gasteiger partial charge in [0.15, 0.2) is 0 Å². The smallest absolute Gasteiger partial charge is 0.123 e. The van der Waals surface area contributed by atoms with Crippen molar-refractivity contribution in [2.75, 3.05) is 11.9 Å². The summed E-state index contributed by atoms with van der Waals surface area (Å²) < 4.78 is 14.6. The van der Waals surface area contributed by atoms with E-state index in [1.54, 1.807) is 18.3 Å². The first kappa shape index (κ1) is 10.7. The molecular weight excluding hydrogens is 205 g/mol. The number of aromatic nitrogens is 2. The van der Waals surface area contributed by atoms with Gasteiger partial charge in [0.1, 0.15) is 5.82 Å². The fraction of sp³-hybridized carbons (Fsp3) is 0.250. The van der Waals surface area contributed by atoms with Crippen molar-refractivity contribution in [3.8, 4) is 0 Å². The van der Waals surface area contributed by atoms with Gasteiger partial charge >= 0.3 is 0 Å². The van der Waals surface area contributed by atoms with Crippen molar-refractivity contribution >= 4 is 5.69 Å². The van der Waals surface area contributed by atoms with E-state index in [1.807, 2.05) is 17.7 Å².